The van der Waals surface area contributed by atoms with E-state index in [1.165, 1.54) is 5.56 Å². The Kier molecular flexibility index (Phi) is 4.54. The summed E-state index contributed by atoms with van der Waals surface area (Å²) in [7, 11) is 1.87. The maximum Gasteiger partial charge on any atom is 0.244 e. The summed E-state index contributed by atoms with van der Waals surface area (Å²) in [6.07, 6.45) is 2.92. The average molecular weight is 294 g/mol. The molecule has 3 heteroatoms. The minimum absolute atomic E-state index is 0.103. The summed E-state index contributed by atoms with van der Waals surface area (Å²) in [5.74, 6) is 0.167. The van der Waals surface area contributed by atoms with Crippen molar-refractivity contribution in [1.29, 1.82) is 0 Å². The highest BCUT2D eigenvalue weighted by Gasteiger charge is 2.33. The fraction of sp³-hybridized carbons (Fsp3) is 0.316. The second-order valence-corrected chi connectivity index (χ2v) is 5.74. The highest BCUT2D eigenvalue weighted by atomic mass is 16.2. The second kappa shape index (κ2) is 6.75. The van der Waals surface area contributed by atoms with Crippen molar-refractivity contribution in [2.75, 3.05) is 11.9 Å². The first-order valence-electron chi connectivity index (χ1n) is 7.91. The lowest BCUT2D eigenvalue weighted by molar-refractivity contribution is -0.120. The molecule has 1 aliphatic rings. The molecule has 2 atom stereocenters. The maximum atomic E-state index is 13.0. The van der Waals surface area contributed by atoms with Crippen LogP contribution in [0.3, 0.4) is 0 Å². The molecule has 0 aliphatic carbocycles. The Morgan fingerprint density at radius 2 is 1.59 bits per heavy atom. The Balaban J connectivity index is 2.04. The van der Waals surface area contributed by atoms with Crippen LogP contribution >= 0.6 is 0 Å². The molecule has 3 rings (SSSR count). The molecule has 0 radical (unpaired) electrons. The van der Waals surface area contributed by atoms with E-state index < -0.39 is 0 Å². The number of anilines is 1. The summed E-state index contributed by atoms with van der Waals surface area (Å²) in [4.78, 5) is 15.0. The summed E-state index contributed by atoms with van der Waals surface area (Å²) in [6, 6.07) is 20.4. The smallest absolute Gasteiger partial charge is 0.244 e. The molecule has 1 N–H and O–H groups in total. The van der Waals surface area contributed by atoms with Crippen LogP contribution in [0.4, 0.5) is 5.69 Å². The van der Waals surface area contributed by atoms with Crippen molar-refractivity contribution in [2.45, 2.75) is 31.3 Å². The molecule has 1 aliphatic heterocycles. The number of para-hydroxylation sites is 1. The third kappa shape index (κ3) is 2.90. The van der Waals surface area contributed by atoms with Gasteiger partial charge in [0, 0.05) is 5.69 Å². The average Bonchev–Trinajstić information content (AvgIpc) is 2.75. The number of nitrogens with zero attached hydrogens (tertiary/aromatic N) is 1. The number of nitrogens with one attached hydrogen (secondary N) is 1. The number of hydrogen-bond acceptors (Lipinski definition) is 2. The zero-order chi connectivity index (χ0) is 15.4. The third-order valence-corrected chi connectivity index (χ3v) is 4.38. The van der Waals surface area contributed by atoms with E-state index in [9.17, 15) is 4.79 Å². The molecule has 0 bridgehead atoms. The van der Waals surface area contributed by atoms with Crippen molar-refractivity contribution >= 4 is 11.6 Å². The topological polar surface area (TPSA) is 32.3 Å². The van der Waals surface area contributed by atoms with Crippen LogP contribution in [-0.2, 0) is 4.79 Å². The number of carbonyl (C=O) groups is 1. The van der Waals surface area contributed by atoms with Crippen LogP contribution in [0.2, 0.25) is 0 Å². The standard InChI is InChI=1S/C19H22N2O/c1-20-17-13-8-14-18(15-9-4-2-5-10-15)21(19(17)22)16-11-6-3-7-12-16/h2-7,9-12,17-18,20H,8,13-14H2,1H3. The molecule has 2 aromatic rings. The number of benzene rings is 2. The molecular weight excluding hydrogens is 272 g/mol. The van der Waals surface area contributed by atoms with E-state index in [0.29, 0.717) is 0 Å². The molecule has 0 spiro atoms. The Hall–Kier alpha value is -2.13. The van der Waals surface area contributed by atoms with Crippen molar-refractivity contribution in [3.63, 3.8) is 0 Å². The number of likely N-dealkylation sites (N-methyl/N-ethyl adjacent to an activating group) is 1. The van der Waals surface area contributed by atoms with Gasteiger partial charge in [-0.05, 0) is 44.0 Å². The van der Waals surface area contributed by atoms with Crippen molar-refractivity contribution in [2.24, 2.45) is 0 Å². The molecule has 3 nitrogen and oxygen atoms in total. The highest BCUT2D eigenvalue weighted by molar-refractivity contribution is 5.98. The van der Waals surface area contributed by atoms with E-state index in [4.69, 9.17) is 0 Å². The van der Waals surface area contributed by atoms with Gasteiger partial charge in [-0.15, -0.1) is 0 Å². The van der Waals surface area contributed by atoms with Crippen LogP contribution in [0.25, 0.3) is 0 Å². The molecular formula is C19H22N2O. The Bertz CT molecular complexity index is 612. The number of rotatable bonds is 3. The lowest BCUT2D eigenvalue weighted by atomic mass is 10.0. The minimum atomic E-state index is -0.103. The Morgan fingerprint density at radius 1 is 0.955 bits per heavy atom. The minimum Gasteiger partial charge on any atom is -0.309 e. The lowest BCUT2D eigenvalue weighted by Gasteiger charge is -2.32. The second-order valence-electron chi connectivity index (χ2n) is 5.74. The van der Waals surface area contributed by atoms with Gasteiger partial charge >= 0.3 is 0 Å². The molecule has 1 heterocycles. The van der Waals surface area contributed by atoms with E-state index in [1.54, 1.807) is 0 Å². The van der Waals surface area contributed by atoms with Crippen LogP contribution in [0, 0.1) is 0 Å². The van der Waals surface area contributed by atoms with Crippen LogP contribution in [0.5, 0.6) is 0 Å². The van der Waals surface area contributed by atoms with Crippen molar-refractivity contribution in [3.8, 4) is 0 Å². The first-order chi connectivity index (χ1) is 10.8. The zero-order valence-electron chi connectivity index (χ0n) is 12.9. The molecule has 114 valence electrons. The molecule has 1 amide bonds. The first kappa shape index (κ1) is 14.8. The molecule has 1 fully saturated rings. The van der Waals surface area contributed by atoms with Crippen molar-refractivity contribution in [1.82, 2.24) is 5.32 Å². The van der Waals surface area contributed by atoms with E-state index in [2.05, 4.69) is 17.4 Å². The van der Waals surface area contributed by atoms with Gasteiger partial charge in [0.25, 0.3) is 0 Å². The van der Waals surface area contributed by atoms with E-state index in [0.717, 1.165) is 24.9 Å². The monoisotopic (exact) mass is 294 g/mol. The summed E-state index contributed by atoms with van der Waals surface area (Å²) < 4.78 is 0. The Morgan fingerprint density at radius 3 is 2.23 bits per heavy atom. The van der Waals surface area contributed by atoms with Crippen molar-refractivity contribution in [3.05, 3.63) is 66.2 Å². The predicted molar refractivity (Wildman–Crippen MR) is 89.8 cm³/mol. The Labute approximate surface area is 132 Å². The normalized spacial score (nSPS) is 22.4. The van der Waals surface area contributed by atoms with Gasteiger partial charge in [-0.2, -0.15) is 0 Å². The predicted octanol–water partition coefficient (Wildman–Crippen LogP) is 3.53. The summed E-state index contributed by atoms with van der Waals surface area (Å²) in [6.45, 7) is 0. The summed E-state index contributed by atoms with van der Waals surface area (Å²) in [5.41, 5.74) is 2.18. The SMILES string of the molecule is CNC1CCCC(c2ccccc2)N(c2ccccc2)C1=O. The number of carbonyl (C=O) groups excluding carboxylic acids is 1. The van der Waals surface area contributed by atoms with Gasteiger partial charge in [-0.1, -0.05) is 48.5 Å². The van der Waals surface area contributed by atoms with E-state index in [-0.39, 0.29) is 18.0 Å². The molecule has 0 aromatic heterocycles. The van der Waals surface area contributed by atoms with Crippen LogP contribution in [-0.4, -0.2) is 19.0 Å². The van der Waals surface area contributed by atoms with Gasteiger partial charge in [0.15, 0.2) is 0 Å². The molecule has 1 saturated heterocycles. The van der Waals surface area contributed by atoms with Crippen LogP contribution < -0.4 is 10.2 Å². The van der Waals surface area contributed by atoms with Crippen LogP contribution in [0.15, 0.2) is 60.7 Å². The number of amides is 1. The van der Waals surface area contributed by atoms with Gasteiger partial charge in [0.2, 0.25) is 5.91 Å². The van der Waals surface area contributed by atoms with E-state index in [1.807, 2.05) is 60.5 Å². The molecule has 2 aromatic carbocycles. The highest BCUT2D eigenvalue weighted by Crippen LogP contribution is 2.34. The third-order valence-electron chi connectivity index (χ3n) is 4.38. The number of hydrogen-bond donors (Lipinski definition) is 1. The summed E-state index contributed by atoms with van der Waals surface area (Å²) in [5, 5.41) is 3.17. The van der Waals surface area contributed by atoms with E-state index >= 15 is 0 Å². The summed E-state index contributed by atoms with van der Waals surface area (Å²) >= 11 is 0. The van der Waals surface area contributed by atoms with Gasteiger partial charge < -0.3 is 10.2 Å². The maximum absolute atomic E-state index is 13.0. The fourth-order valence-electron chi connectivity index (χ4n) is 3.24. The van der Waals surface area contributed by atoms with Gasteiger partial charge in [-0.3, -0.25) is 4.79 Å². The first-order valence-corrected chi connectivity index (χ1v) is 7.91. The fourth-order valence-corrected chi connectivity index (χ4v) is 3.24. The van der Waals surface area contributed by atoms with Gasteiger partial charge in [0.1, 0.15) is 0 Å². The largest absolute Gasteiger partial charge is 0.309 e. The van der Waals surface area contributed by atoms with Gasteiger partial charge in [0.05, 0.1) is 12.1 Å². The molecule has 2 unspecified atom stereocenters. The molecule has 0 saturated carbocycles. The van der Waals surface area contributed by atoms with Gasteiger partial charge in [-0.25, -0.2) is 0 Å². The zero-order valence-corrected chi connectivity index (χ0v) is 12.9. The quantitative estimate of drug-likeness (QED) is 0.939. The van der Waals surface area contributed by atoms with Crippen LogP contribution in [0.1, 0.15) is 30.9 Å². The van der Waals surface area contributed by atoms with Crippen molar-refractivity contribution < 1.29 is 4.79 Å². The lowest BCUT2D eigenvalue weighted by Crippen LogP contribution is -2.45. The molecule has 22 heavy (non-hydrogen) atoms.